The van der Waals surface area contributed by atoms with Crippen molar-refractivity contribution in [2.45, 2.75) is 6.92 Å². The molecule has 2 aliphatic rings. The minimum Gasteiger partial charge on any atom is -0.357 e. The number of nitrogens with one attached hydrogen (secondary N) is 1. The molecule has 0 spiro atoms. The van der Waals surface area contributed by atoms with Gasteiger partial charge in [0.1, 0.15) is 5.69 Å². The van der Waals surface area contributed by atoms with Crippen LogP contribution in [0, 0.1) is 6.92 Å². The molecule has 2 aliphatic heterocycles. The van der Waals surface area contributed by atoms with Crippen LogP contribution in [0.2, 0.25) is 0 Å². The number of hydrogen-bond donors (Lipinski definition) is 1. The van der Waals surface area contributed by atoms with Crippen molar-refractivity contribution in [2.24, 2.45) is 0 Å². The quantitative estimate of drug-likeness (QED) is 0.443. The topological polar surface area (TPSA) is 53.9 Å². The minimum atomic E-state index is -0.0869. The summed E-state index contributed by atoms with van der Waals surface area (Å²) in [4.78, 5) is 22.0. The molecule has 0 unspecified atom stereocenters. The van der Waals surface area contributed by atoms with E-state index in [0.29, 0.717) is 11.5 Å². The van der Waals surface area contributed by atoms with E-state index in [4.69, 9.17) is 0 Å². The summed E-state index contributed by atoms with van der Waals surface area (Å²) in [6, 6.07) is 28.9. The lowest BCUT2D eigenvalue weighted by Crippen LogP contribution is -2.13. The second-order valence-corrected chi connectivity index (χ2v) is 7.12. The van der Waals surface area contributed by atoms with E-state index in [1.54, 1.807) is 23.9 Å². The zero-order chi connectivity index (χ0) is 20.5. The maximum atomic E-state index is 12.2. The van der Waals surface area contributed by atoms with Gasteiger partial charge >= 0.3 is 0 Å². The van der Waals surface area contributed by atoms with Crippen LogP contribution in [-0.4, -0.2) is 14.5 Å². The second kappa shape index (κ2) is 7.37. The number of para-hydroxylation sites is 2. The normalized spacial score (nSPS) is 11.0. The van der Waals surface area contributed by atoms with E-state index in [1.807, 2.05) is 36.4 Å². The van der Waals surface area contributed by atoms with Crippen LogP contribution >= 0.6 is 0 Å². The van der Waals surface area contributed by atoms with Gasteiger partial charge in [0.2, 0.25) is 0 Å². The van der Waals surface area contributed by atoms with E-state index in [0.717, 1.165) is 28.3 Å². The SMILES string of the molecule is Cc1nc2c[nH]c(-c3ccc(N(c4ccccc4)c4ccccc4)cc3)cn-2c1=O. The summed E-state index contributed by atoms with van der Waals surface area (Å²) in [6.45, 7) is 1.73. The molecule has 146 valence electrons. The van der Waals surface area contributed by atoms with E-state index in [1.165, 1.54) is 0 Å². The van der Waals surface area contributed by atoms with E-state index < -0.39 is 0 Å². The van der Waals surface area contributed by atoms with Crippen molar-refractivity contribution in [1.29, 1.82) is 0 Å². The lowest BCUT2D eigenvalue weighted by atomic mass is 10.1. The van der Waals surface area contributed by atoms with Crippen LogP contribution < -0.4 is 10.5 Å². The third kappa shape index (κ3) is 3.16. The van der Waals surface area contributed by atoms with Crippen LogP contribution in [0.5, 0.6) is 0 Å². The number of hydrogen-bond acceptors (Lipinski definition) is 3. The summed E-state index contributed by atoms with van der Waals surface area (Å²) in [5, 5.41) is 0. The van der Waals surface area contributed by atoms with Crippen LogP contribution in [0.4, 0.5) is 17.1 Å². The number of anilines is 3. The highest BCUT2D eigenvalue weighted by molar-refractivity contribution is 5.77. The second-order valence-electron chi connectivity index (χ2n) is 7.12. The molecular weight excluding hydrogens is 372 g/mol. The lowest BCUT2D eigenvalue weighted by molar-refractivity contribution is 0.973. The van der Waals surface area contributed by atoms with Gasteiger partial charge in [-0.1, -0.05) is 48.5 Å². The van der Waals surface area contributed by atoms with Gasteiger partial charge in [-0.15, -0.1) is 0 Å². The number of aromatic amines is 1. The summed E-state index contributed by atoms with van der Waals surface area (Å²) < 4.78 is 1.58. The Morgan fingerprint density at radius 2 is 1.37 bits per heavy atom. The Balaban J connectivity index is 1.56. The Morgan fingerprint density at radius 1 is 0.800 bits per heavy atom. The van der Waals surface area contributed by atoms with E-state index in [9.17, 15) is 4.79 Å². The fraction of sp³-hybridized carbons (Fsp3) is 0.0400. The van der Waals surface area contributed by atoms with Crippen LogP contribution in [0.15, 0.2) is 102 Å². The van der Waals surface area contributed by atoms with Gasteiger partial charge in [-0.2, -0.15) is 0 Å². The molecule has 0 fully saturated rings. The number of fused-ring (bicyclic) bond motifs is 1. The number of rotatable bonds is 4. The number of imidazole rings is 1. The maximum Gasteiger partial charge on any atom is 0.277 e. The molecule has 2 heterocycles. The van der Waals surface area contributed by atoms with Gasteiger partial charge in [-0.05, 0) is 48.9 Å². The fourth-order valence-corrected chi connectivity index (χ4v) is 3.64. The first kappa shape index (κ1) is 17.9. The first-order valence-corrected chi connectivity index (χ1v) is 9.79. The first-order chi connectivity index (χ1) is 14.7. The smallest absolute Gasteiger partial charge is 0.277 e. The van der Waals surface area contributed by atoms with Crippen molar-refractivity contribution >= 4 is 17.1 Å². The molecule has 0 bridgehead atoms. The van der Waals surface area contributed by atoms with Crippen molar-refractivity contribution in [3.8, 4) is 17.1 Å². The van der Waals surface area contributed by atoms with Gasteiger partial charge in [-0.25, -0.2) is 4.98 Å². The number of aryl methyl sites for hydroxylation is 1. The van der Waals surface area contributed by atoms with Crippen molar-refractivity contribution in [3.05, 3.63) is 113 Å². The van der Waals surface area contributed by atoms with E-state index >= 15 is 0 Å². The molecule has 0 amide bonds. The summed E-state index contributed by atoms with van der Waals surface area (Å²) in [7, 11) is 0. The zero-order valence-corrected chi connectivity index (χ0v) is 16.5. The van der Waals surface area contributed by atoms with Gasteiger partial charge in [0.15, 0.2) is 5.82 Å². The minimum absolute atomic E-state index is 0.0869. The summed E-state index contributed by atoms with van der Waals surface area (Å²) in [6.07, 6.45) is 3.57. The Bertz CT molecular complexity index is 1270. The van der Waals surface area contributed by atoms with Crippen LogP contribution in [0.1, 0.15) is 5.69 Å². The molecule has 0 aromatic heterocycles. The molecule has 0 aliphatic carbocycles. The molecule has 30 heavy (non-hydrogen) atoms. The molecule has 0 saturated carbocycles. The average Bonchev–Trinajstić information content (AvgIpc) is 3.09. The molecule has 5 nitrogen and oxygen atoms in total. The first-order valence-electron chi connectivity index (χ1n) is 9.79. The Labute approximate surface area is 174 Å². The van der Waals surface area contributed by atoms with Gasteiger partial charge in [0.25, 0.3) is 5.56 Å². The standard InChI is InChI=1S/C25H20N4O/c1-18-25(30)28-17-23(26-16-24(28)27-18)19-12-14-22(15-13-19)29(20-8-4-2-5-9-20)21-10-6-3-7-11-21/h2-17,26H,1H3. The maximum absolute atomic E-state index is 12.2. The number of nitrogens with zero attached hydrogens (tertiary/aromatic N) is 3. The fourth-order valence-electron chi connectivity index (χ4n) is 3.64. The molecule has 1 N–H and O–H groups in total. The third-order valence-corrected chi connectivity index (χ3v) is 5.14. The van der Waals surface area contributed by atoms with Gasteiger partial charge in [-0.3, -0.25) is 9.36 Å². The highest BCUT2D eigenvalue weighted by atomic mass is 16.1. The predicted octanol–water partition coefficient (Wildman–Crippen LogP) is 5.44. The van der Waals surface area contributed by atoms with Gasteiger partial charge in [0, 0.05) is 29.5 Å². The molecule has 5 heteroatoms. The molecule has 3 aromatic carbocycles. The van der Waals surface area contributed by atoms with Crippen molar-refractivity contribution in [2.75, 3.05) is 4.90 Å². The molecule has 5 rings (SSSR count). The third-order valence-electron chi connectivity index (χ3n) is 5.14. The molecular formula is C25H20N4O. The molecule has 0 atom stereocenters. The highest BCUT2D eigenvalue weighted by Gasteiger charge is 2.14. The molecule has 3 aromatic rings. The van der Waals surface area contributed by atoms with Gasteiger partial charge in [0.05, 0.1) is 5.69 Å². The zero-order valence-electron chi connectivity index (χ0n) is 16.5. The Morgan fingerprint density at radius 3 is 1.97 bits per heavy atom. The predicted molar refractivity (Wildman–Crippen MR) is 120 cm³/mol. The number of benzene rings is 3. The molecule has 0 radical (unpaired) electrons. The van der Waals surface area contributed by atoms with Crippen molar-refractivity contribution in [1.82, 2.24) is 14.5 Å². The average molecular weight is 392 g/mol. The molecule has 0 saturated heterocycles. The van der Waals surface area contributed by atoms with Crippen molar-refractivity contribution < 1.29 is 0 Å². The Hall–Kier alpha value is -4.12. The Kier molecular flexibility index (Phi) is 4.41. The lowest BCUT2D eigenvalue weighted by Gasteiger charge is -2.25. The van der Waals surface area contributed by atoms with Crippen LogP contribution in [-0.2, 0) is 0 Å². The number of aromatic nitrogens is 3. The van der Waals surface area contributed by atoms with Crippen molar-refractivity contribution in [3.63, 3.8) is 0 Å². The summed E-state index contributed by atoms with van der Waals surface area (Å²) in [5.41, 5.74) is 5.50. The summed E-state index contributed by atoms with van der Waals surface area (Å²) >= 11 is 0. The van der Waals surface area contributed by atoms with E-state index in [-0.39, 0.29) is 5.56 Å². The van der Waals surface area contributed by atoms with Crippen LogP contribution in [0.25, 0.3) is 17.1 Å². The summed E-state index contributed by atoms with van der Waals surface area (Å²) in [5.74, 6) is 0.622. The largest absolute Gasteiger partial charge is 0.357 e. The monoisotopic (exact) mass is 392 g/mol. The highest BCUT2D eigenvalue weighted by Crippen LogP contribution is 2.35. The van der Waals surface area contributed by atoms with E-state index in [2.05, 4.69) is 63.4 Å². The van der Waals surface area contributed by atoms with Crippen LogP contribution in [0.3, 0.4) is 0 Å². The number of H-pyrrole nitrogens is 1. The van der Waals surface area contributed by atoms with Gasteiger partial charge < -0.3 is 9.88 Å².